The van der Waals surface area contributed by atoms with Crippen LogP contribution in [-0.4, -0.2) is 36.2 Å². The van der Waals surface area contributed by atoms with E-state index in [2.05, 4.69) is 47.5 Å². The van der Waals surface area contributed by atoms with E-state index in [1.54, 1.807) is 11.3 Å². The van der Waals surface area contributed by atoms with E-state index in [0.29, 0.717) is 16.6 Å². The summed E-state index contributed by atoms with van der Waals surface area (Å²) in [6.07, 6.45) is 4.19. The number of thiophene rings is 1. The van der Waals surface area contributed by atoms with Crippen molar-refractivity contribution < 1.29 is 9.53 Å². The van der Waals surface area contributed by atoms with E-state index in [1.165, 1.54) is 12.7 Å². The van der Waals surface area contributed by atoms with Gasteiger partial charge in [0.15, 0.2) is 5.11 Å². The molecule has 0 radical (unpaired) electrons. The summed E-state index contributed by atoms with van der Waals surface area (Å²) in [7, 11) is 1.42. The van der Waals surface area contributed by atoms with Crippen LogP contribution in [0.1, 0.15) is 46.1 Å². The third-order valence-electron chi connectivity index (χ3n) is 5.44. The average molecular weight is 417 g/mol. The lowest BCUT2D eigenvalue weighted by Gasteiger charge is -2.33. The van der Waals surface area contributed by atoms with Gasteiger partial charge in [-0.05, 0) is 61.9 Å². The van der Waals surface area contributed by atoms with Crippen LogP contribution in [0.5, 0.6) is 0 Å². The molecule has 1 aliphatic heterocycles. The van der Waals surface area contributed by atoms with Crippen molar-refractivity contribution in [3.8, 4) is 0 Å². The van der Waals surface area contributed by atoms with E-state index in [-0.39, 0.29) is 5.97 Å². The second kappa shape index (κ2) is 9.52. The van der Waals surface area contributed by atoms with Gasteiger partial charge in [-0.1, -0.05) is 37.3 Å². The van der Waals surface area contributed by atoms with Gasteiger partial charge in [0, 0.05) is 18.0 Å². The highest BCUT2D eigenvalue weighted by molar-refractivity contribution is 7.80. The summed E-state index contributed by atoms with van der Waals surface area (Å²) in [5.74, 6) is 0.399. The summed E-state index contributed by atoms with van der Waals surface area (Å²) in [6, 6.07) is 10.7. The Kier molecular flexibility index (Phi) is 7.08. The van der Waals surface area contributed by atoms with Crippen LogP contribution in [-0.2, 0) is 17.6 Å². The van der Waals surface area contributed by atoms with E-state index in [1.807, 2.05) is 6.92 Å². The minimum Gasteiger partial charge on any atom is -0.465 e. The van der Waals surface area contributed by atoms with E-state index in [4.69, 9.17) is 17.0 Å². The van der Waals surface area contributed by atoms with Crippen LogP contribution in [0.25, 0.3) is 0 Å². The van der Waals surface area contributed by atoms with Crippen molar-refractivity contribution in [3.63, 3.8) is 0 Å². The number of thiocarbonyl (C=S) groups is 1. The Morgan fingerprint density at radius 1 is 1.29 bits per heavy atom. The predicted molar refractivity (Wildman–Crippen MR) is 120 cm³/mol. The molecule has 2 heterocycles. The predicted octanol–water partition coefficient (Wildman–Crippen LogP) is 5.06. The lowest BCUT2D eigenvalue weighted by Crippen LogP contribution is -2.41. The highest BCUT2D eigenvalue weighted by Crippen LogP contribution is 2.34. The first-order chi connectivity index (χ1) is 13.5. The number of piperidine rings is 1. The number of aryl methyl sites for hydroxylation is 1. The standard InChI is InChI=1S/C22H28N2O2S2/c1-4-18-15(2)28-20(19(18)21(25)26-3)23-22(27)24-12-10-17(11-13-24)14-16-8-6-5-7-9-16/h5-9,17H,4,10-14H2,1-3H3,(H,23,27). The first kappa shape index (κ1) is 20.8. The lowest BCUT2D eigenvalue weighted by atomic mass is 9.90. The van der Waals surface area contributed by atoms with Crippen LogP contribution in [0.4, 0.5) is 5.00 Å². The molecule has 150 valence electrons. The van der Waals surface area contributed by atoms with Gasteiger partial charge in [0.25, 0.3) is 0 Å². The highest BCUT2D eigenvalue weighted by atomic mass is 32.1. The Bertz CT molecular complexity index is 825. The van der Waals surface area contributed by atoms with E-state index in [0.717, 1.165) is 54.2 Å². The fourth-order valence-corrected chi connectivity index (χ4v) is 5.36. The molecule has 6 heteroatoms. The molecular formula is C22H28N2O2S2. The monoisotopic (exact) mass is 416 g/mol. The van der Waals surface area contributed by atoms with Gasteiger partial charge >= 0.3 is 5.97 Å². The molecule has 2 aromatic rings. The number of nitrogens with zero attached hydrogens (tertiary/aromatic N) is 1. The number of carbonyl (C=O) groups is 1. The molecule has 28 heavy (non-hydrogen) atoms. The zero-order chi connectivity index (χ0) is 20.1. The fraction of sp³-hybridized carbons (Fsp3) is 0.455. The molecule has 0 spiro atoms. The lowest BCUT2D eigenvalue weighted by molar-refractivity contribution is 0.0601. The second-order valence-electron chi connectivity index (χ2n) is 7.24. The van der Waals surface area contributed by atoms with Crippen LogP contribution in [0.3, 0.4) is 0 Å². The third kappa shape index (κ3) is 4.73. The molecule has 0 bridgehead atoms. The van der Waals surface area contributed by atoms with E-state index < -0.39 is 0 Å². The molecule has 0 saturated carbocycles. The molecular weight excluding hydrogens is 388 g/mol. The maximum Gasteiger partial charge on any atom is 0.341 e. The molecule has 1 aliphatic rings. The Morgan fingerprint density at radius 3 is 2.57 bits per heavy atom. The number of methoxy groups -OCH3 is 1. The number of carbonyl (C=O) groups excluding carboxylic acids is 1. The van der Waals surface area contributed by atoms with E-state index >= 15 is 0 Å². The van der Waals surface area contributed by atoms with Crippen molar-refractivity contribution in [3.05, 3.63) is 51.9 Å². The summed E-state index contributed by atoms with van der Waals surface area (Å²) >= 11 is 7.24. The van der Waals surface area contributed by atoms with Crippen LogP contribution in [0, 0.1) is 12.8 Å². The van der Waals surface area contributed by atoms with Crippen LogP contribution in [0.15, 0.2) is 30.3 Å². The van der Waals surface area contributed by atoms with Crippen molar-refractivity contribution in [2.24, 2.45) is 5.92 Å². The SMILES string of the molecule is CCc1c(C)sc(NC(=S)N2CCC(Cc3ccccc3)CC2)c1C(=O)OC. The molecule has 0 aliphatic carbocycles. The minimum atomic E-state index is -0.298. The molecule has 3 rings (SSSR count). The molecule has 0 atom stereocenters. The number of likely N-dealkylation sites (tertiary alicyclic amines) is 1. The number of ether oxygens (including phenoxy) is 1. The number of benzene rings is 1. The molecule has 1 aromatic carbocycles. The summed E-state index contributed by atoms with van der Waals surface area (Å²) in [5.41, 5.74) is 3.09. The zero-order valence-corrected chi connectivity index (χ0v) is 18.4. The first-order valence-corrected chi connectivity index (χ1v) is 11.1. The molecule has 1 N–H and O–H groups in total. The Labute approximate surface area is 176 Å². The average Bonchev–Trinajstić information content (AvgIpc) is 3.03. The molecule has 1 aromatic heterocycles. The van der Waals surface area contributed by atoms with Crippen LogP contribution in [0.2, 0.25) is 0 Å². The quantitative estimate of drug-likeness (QED) is 0.545. The number of rotatable bonds is 5. The van der Waals surface area contributed by atoms with Crippen molar-refractivity contribution in [2.45, 2.75) is 39.5 Å². The van der Waals surface area contributed by atoms with Crippen molar-refractivity contribution >= 4 is 39.6 Å². The van der Waals surface area contributed by atoms with Gasteiger partial charge in [-0.15, -0.1) is 11.3 Å². The highest BCUT2D eigenvalue weighted by Gasteiger charge is 2.25. The normalized spacial score (nSPS) is 14.8. The summed E-state index contributed by atoms with van der Waals surface area (Å²) in [5, 5.41) is 4.84. The van der Waals surface area contributed by atoms with Crippen molar-refractivity contribution in [1.29, 1.82) is 0 Å². The first-order valence-electron chi connectivity index (χ1n) is 9.83. The number of esters is 1. The van der Waals surface area contributed by atoms with Gasteiger partial charge in [-0.2, -0.15) is 0 Å². The maximum absolute atomic E-state index is 12.3. The molecule has 4 nitrogen and oxygen atoms in total. The van der Waals surface area contributed by atoms with Gasteiger partial charge in [0.1, 0.15) is 5.00 Å². The van der Waals surface area contributed by atoms with Gasteiger partial charge in [0.05, 0.1) is 12.7 Å². The van der Waals surface area contributed by atoms with Gasteiger partial charge < -0.3 is 15.0 Å². The summed E-state index contributed by atoms with van der Waals surface area (Å²) in [6.45, 7) is 5.99. The molecule has 1 saturated heterocycles. The topological polar surface area (TPSA) is 41.6 Å². The molecule has 0 unspecified atom stereocenters. The third-order valence-corrected chi connectivity index (χ3v) is 6.86. The Balaban J connectivity index is 1.61. The Morgan fingerprint density at radius 2 is 1.96 bits per heavy atom. The van der Waals surface area contributed by atoms with Gasteiger partial charge in [-0.25, -0.2) is 4.79 Å². The van der Waals surface area contributed by atoms with Crippen molar-refractivity contribution in [1.82, 2.24) is 4.90 Å². The number of hydrogen-bond donors (Lipinski definition) is 1. The molecule has 0 amide bonds. The smallest absolute Gasteiger partial charge is 0.341 e. The second-order valence-corrected chi connectivity index (χ2v) is 8.85. The van der Waals surface area contributed by atoms with Crippen LogP contribution < -0.4 is 5.32 Å². The maximum atomic E-state index is 12.3. The number of nitrogens with one attached hydrogen (secondary N) is 1. The fourth-order valence-electron chi connectivity index (χ4n) is 3.87. The number of hydrogen-bond acceptors (Lipinski definition) is 4. The minimum absolute atomic E-state index is 0.298. The number of anilines is 1. The van der Waals surface area contributed by atoms with Gasteiger partial charge in [0.2, 0.25) is 0 Å². The molecule has 1 fully saturated rings. The van der Waals surface area contributed by atoms with E-state index in [9.17, 15) is 4.79 Å². The largest absolute Gasteiger partial charge is 0.465 e. The summed E-state index contributed by atoms with van der Waals surface area (Å²) in [4.78, 5) is 15.6. The zero-order valence-electron chi connectivity index (χ0n) is 16.8. The van der Waals surface area contributed by atoms with Crippen LogP contribution >= 0.6 is 23.6 Å². The summed E-state index contributed by atoms with van der Waals surface area (Å²) < 4.78 is 5.00. The Hall–Kier alpha value is -1.92. The van der Waals surface area contributed by atoms with Gasteiger partial charge in [-0.3, -0.25) is 0 Å². The van der Waals surface area contributed by atoms with Crippen molar-refractivity contribution in [2.75, 3.05) is 25.5 Å².